The fourth-order valence-electron chi connectivity index (χ4n) is 5.65. The molecule has 2 aromatic carbocycles. The summed E-state index contributed by atoms with van der Waals surface area (Å²) < 4.78 is 29.4. The topological polar surface area (TPSA) is 98.7 Å². The Bertz CT molecular complexity index is 1290. The third kappa shape index (κ3) is 3.67. The summed E-state index contributed by atoms with van der Waals surface area (Å²) in [4.78, 5) is 40.7. The lowest BCUT2D eigenvalue weighted by Gasteiger charge is -2.35. The molecule has 2 aromatic rings. The fraction of sp³-hybridized carbons (Fsp3) is 0.318. The first-order valence-corrected chi connectivity index (χ1v) is 11.8. The van der Waals surface area contributed by atoms with Crippen molar-refractivity contribution in [1.29, 1.82) is 0 Å². The van der Waals surface area contributed by atoms with E-state index in [2.05, 4.69) is 10.6 Å². The highest BCUT2D eigenvalue weighted by Crippen LogP contribution is 2.61. The van der Waals surface area contributed by atoms with E-state index in [1.54, 1.807) is 0 Å². The maximum atomic E-state index is 14.7. The molecular weight excluding hydrogens is 550 g/mol. The first-order valence-electron chi connectivity index (χ1n) is 10.3. The summed E-state index contributed by atoms with van der Waals surface area (Å²) in [6.07, 6.45) is -0.816. The Kier molecular flexibility index (Phi) is 5.73. The molecule has 7 nitrogen and oxygen atoms in total. The summed E-state index contributed by atoms with van der Waals surface area (Å²) in [6.45, 7) is -0.925. The van der Waals surface area contributed by atoms with E-state index in [-0.39, 0.29) is 37.0 Å². The van der Waals surface area contributed by atoms with E-state index in [1.807, 2.05) is 0 Å². The van der Waals surface area contributed by atoms with Gasteiger partial charge in [0.05, 0.1) is 23.2 Å². The minimum atomic E-state index is -3.27. The second kappa shape index (κ2) is 8.18. The zero-order valence-electron chi connectivity index (χ0n) is 17.4. The van der Waals surface area contributed by atoms with Crippen LogP contribution in [0, 0.1) is 11.8 Å². The van der Waals surface area contributed by atoms with Crippen LogP contribution in [0.2, 0.25) is 20.1 Å². The van der Waals surface area contributed by atoms with Gasteiger partial charge >= 0.3 is 5.97 Å². The van der Waals surface area contributed by atoms with Crippen molar-refractivity contribution in [2.45, 2.75) is 23.9 Å². The first-order chi connectivity index (χ1) is 16.3. The van der Waals surface area contributed by atoms with E-state index in [0.717, 1.165) is 4.90 Å². The maximum absolute atomic E-state index is 14.7. The fourth-order valence-corrected chi connectivity index (χ4v) is 6.72. The number of anilines is 2. The molecule has 3 heterocycles. The van der Waals surface area contributed by atoms with E-state index < -0.39 is 60.1 Å². The number of alkyl halides is 2. The van der Waals surface area contributed by atoms with Crippen molar-refractivity contribution in [3.63, 3.8) is 0 Å². The molecule has 184 valence electrons. The minimum absolute atomic E-state index is 0.0193. The van der Waals surface area contributed by atoms with Gasteiger partial charge in [0.25, 0.3) is 11.8 Å². The molecule has 4 unspecified atom stereocenters. The molecule has 3 aliphatic rings. The number of carboxylic acids is 1. The SMILES string of the molecule is O=C(Nc1cc(Cl)cc(Cl)c1)C1C2CC(F)(F)CN2C2(C(=O)Nc3c(Cl)cc(Cl)cc32)C1C(=O)O. The van der Waals surface area contributed by atoms with Gasteiger partial charge in [0, 0.05) is 38.8 Å². The number of aliphatic carboxylic acids is 1. The van der Waals surface area contributed by atoms with Crippen LogP contribution < -0.4 is 10.6 Å². The lowest BCUT2D eigenvalue weighted by molar-refractivity contribution is -0.153. The third-order valence-corrected chi connectivity index (χ3v) is 7.69. The van der Waals surface area contributed by atoms with Crippen LogP contribution in [0.4, 0.5) is 20.2 Å². The average molecular weight is 565 g/mol. The molecule has 2 fully saturated rings. The highest BCUT2D eigenvalue weighted by Gasteiger charge is 2.74. The molecule has 0 saturated carbocycles. The van der Waals surface area contributed by atoms with Crippen molar-refractivity contribution in [3.05, 3.63) is 56.0 Å². The number of fused-ring (bicyclic) bond motifs is 4. The molecule has 5 rings (SSSR count). The number of amides is 2. The molecule has 4 atom stereocenters. The number of hydrogen-bond donors (Lipinski definition) is 3. The number of hydrogen-bond acceptors (Lipinski definition) is 4. The lowest BCUT2D eigenvalue weighted by atomic mass is 9.73. The third-order valence-electron chi connectivity index (χ3n) is 6.74. The molecule has 0 radical (unpaired) electrons. The molecule has 2 amide bonds. The number of carbonyl (C=O) groups excluding carboxylic acids is 2. The normalized spacial score (nSPS) is 28.6. The van der Waals surface area contributed by atoms with Gasteiger partial charge in [0.1, 0.15) is 11.5 Å². The van der Waals surface area contributed by atoms with Crippen LogP contribution in [-0.4, -0.2) is 46.3 Å². The monoisotopic (exact) mass is 563 g/mol. The second-order valence-corrected chi connectivity index (χ2v) is 10.5. The van der Waals surface area contributed by atoms with Crippen molar-refractivity contribution in [2.75, 3.05) is 17.2 Å². The molecule has 0 aromatic heterocycles. The van der Waals surface area contributed by atoms with Crippen LogP contribution in [0.1, 0.15) is 12.0 Å². The van der Waals surface area contributed by atoms with Gasteiger partial charge in [0.2, 0.25) is 5.91 Å². The Hall–Kier alpha value is -2.17. The highest BCUT2D eigenvalue weighted by molar-refractivity contribution is 6.38. The Morgan fingerprint density at radius 2 is 1.69 bits per heavy atom. The first kappa shape index (κ1) is 24.5. The predicted molar refractivity (Wildman–Crippen MR) is 127 cm³/mol. The number of nitrogens with one attached hydrogen (secondary N) is 2. The summed E-state index contributed by atoms with van der Waals surface area (Å²) in [5.74, 6) is -9.78. The van der Waals surface area contributed by atoms with E-state index >= 15 is 0 Å². The lowest BCUT2D eigenvalue weighted by Crippen LogP contribution is -2.54. The molecule has 0 aliphatic carbocycles. The Morgan fingerprint density at radius 1 is 1.06 bits per heavy atom. The number of halogens is 6. The largest absolute Gasteiger partial charge is 0.481 e. The van der Waals surface area contributed by atoms with Crippen molar-refractivity contribution >= 4 is 75.6 Å². The molecule has 13 heteroatoms. The highest BCUT2D eigenvalue weighted by atomic mass is 35.5. The van der Waals surface area contributed by atoms with Gasteiger partial charge in [-0.1, -0.05) is 46.4 Å². The van der Waals surface area contributed by atoms with Gasteiger partial charge in [0.15, 0.2) is 0 Å². The summed E-state index contributed by atoms with van der Waals surface area (Å²) in [7, 11) is 0. The average Bonchev–Trinajstić information content (AvgIpc) is 3.28. The summed E-state index contributed by atoms with van der Waals surface area (Å²) in [5.41, 5.74) is -1.87. The van der Waals surface area contributed by atoms with Gasteiger partial charge in [-0.25, -0.2) is 8.78 Å². The van der Waals surface area contributed by atoms with E-state index in [0.29, 0.717) is 0 Å². The van der Waals surface area contributed by atoms with Gasteiger partial charge in [-0.2, -0.15) is 0 Å². The molecule has 3 aliphatic heterocycles. The van der Waals surface area contributed by atoms with Gasteiger partial charge in [-0.05, 0) is 30.3 Å². The van der Waals surface area contributed by atoms with Crippen LogP contribution in [0.25, 0.3) is 0 Å². The molecule has 35 heavy (non-hydrogen) atoms. The molecular formula is C22H15Cl4F2N3O4. The van der Waals surface area contributed by atoms with E-state index in [1.165, 1.54) is 30.3 Å². The molecule has 3 N–H and O–H groups in total. The number of carbonyl (C=O) groups is 3. The summed E-state index contributed by atoms with van der Waals surface area (Å²) in [6, 6.07) is 5.58. The van der Waals surface area contributed by atoms with Gasteiger partial charge < -0.3 is 15.7 Å². The number of benzene rings is 2. The molecule has 0 bridgehead atoms. The van der Waals surface area contributed by atoms with E-state index in [4.69, 9.17) is 46.4 Å². The number of rotatable bonds is 3. The van der Waals surface area contributed by atoms with Crippen molar-refractivity contribution in [1.82, 2.24) is 4.90 Å². The Balaban J connectivity index is 1.68. The van der Waals surface area contributed by atoms with Crippen LogP contribution >= 0.6 is 46.4 Å². The minimum Gasteiger partial charge on any atom is -0.481 e. The summed E-state index contributed by atoms with van der Waals surface area (Å²) >= 11 is 24.4. The van der Waals surface area contributed by atoms with Gasteiger partial charge in [-0.15, -0.1) is 0 Å². The van der Waals surface area contributed by atoms with Crippen molar-refractivity contribution < 1.29 is 28.3 Å². The quantitative estimate of drug-likeness (QED) is 0.480. The summed E-state index contributed by atoms with van der Waals surface area (Å²) in [5, 5.41) is 15.9. The Morgan fingerprint density at radius 3 is 2.31 bits per heavy atom. The second-order valence-electron chi connectivity index (χ2n) is 8.78. The van der Waals surface area contributed by atoms with Crippen molar-refractivity contribution in [2.24, 2.45) is 11.8 Å². The van der Waals surface area contributed by atoms with Gasteiger partial charge in [-0.3, -0.25) is 19.3 Å². The maximum Gasteiger partial charge on any atom is 0.310 e. The Labute approximate surface area is 217 Å². The smallest absolute Gasteiger partial charge is 0.310 e. The predicted octanol–water partition coefficient (Wildman–Crippen LogP) is 5.13. The number of carboxylic acid groups (broad SMARTS) is 1. The van der Waals surface area contributed by atoms with Crippen LogP contribution in [0.3, 0.4) is 0 Å². The zero-order valence-corrected chi connectivity index (χ0v) is 20.4. The standard InChI is InChI=1S/C22H15Cl4F2N3O4/c23-8-1-9(24)3-11(2-8)29-18(32)15-14-6-21(27,28)7-31(14)22(16(15)19(33)34)12-4-10(25)5-13(26)17(12)30-20(22)35/h1-5,14-16H,6-7H2,(H,29,32)(H,30,35)(H,33,34). The van der Waals surface area contributed by atoms with E-state index in [9.17, 15) is 28.3 Å². The van der Waals surface area contributed by atoms with Crippen LogP contribution in [0.15, 0.2) is 30.3 Å². The number of nitrogens with zero attached hydrogens (tertiary/aromatic N) is 1. The zero-order chi connectivity index (χ0) is 25.4. The van der Waals surface area contributed by atoms with Crippen LogP contribution in [0.5, 0.6) is 0 Å². The molecule has 1 spiro atoms. The molecule has 2 saturated heterocycles. The van der Waals surface area contributed by atoms with Crippen LogP contribution in [-0.2, 0) is 19.9 Å². The van der Waals surface area contributed by atoms with Crippen molar-refractivity contribution in [3.8, 4) is 0 Å².